The fraction of sp³-hybridized carbons (Fsp3) is 0.400. The minimum absolute atomic E-state index is 0.356. The molecule has 1 aromatic heterocycles. The van der Waals surface area contributed by atoms with Crippen molar-refractivity contribution >= 4 is 11.3 Å². The van der Waals surface area contributed by atoms with Crippen LogP contribution >= 0.6 is 11.3 Å². The highest BCUT2D eigenvalue weighted by Gasteiger charge is 2.08. The average molecular weight is 260 g/mol. The van der Waals surface area contributed by atoms with Gasteiger partial charge in [-0.3, -0.25) is 0 Å². The van der Waals surface area contributed by atoms with E-state index in [1.165, 1.54) is 16.7 Å². The normalized spacial score (nSPS) is 12.7. The SMILES string of the molecule is Cc1ccc(C(C)NCc2nc(C)cs2)c(C)c1. The Morgan fingerprint density at radius 2 is 2.06 bits per heavy atom. The first-order chi connectivity index (χ1) is 8.56. The summed E-state index contributed by atoms with van der Waals surface area (Å²) in [6.45, 7) is 9.39. The van der Waals surface area contributed by atoms with Crippen molar-refractivity contribution in [3.63, 3.8) is 0 Å². The van der Waals surface area contributed by atoms with Crippen LogP contribution < -0.4 is 5.32 Å². The minimum atomic E-state index is 0.356. The molecule has 2 rings (SSSR count). The van der Waals surface area contributed by atoms with Crippen LogP contribution in [0.15, 0.2) is 23.6 Å². The molecule has 3 heteroatoms. The number of thiazole rings is 1. The first-order valence-corrected chi connectivity index (χ1v) is 7.16. The molecule has 0 aliphatic carbocycles. The second-order valence-electron chi connectivity index (χ2n) is 4.85. The maximum Gasteiger partial charge on any atom is 0.107 e. The number of rotatable bonds is 4. The summed E-state index contributed by atoms with van der Waals surface area (Å²) in [5.41, 5.74) is 5.15. The second kappa shape index (κ2) is 5.63. The van der Waals surface area contributed by atoms with Gasteiger partial charge in [-0.2, -0.15) is 0 Å². The van der Waals surface area contributed by atoms with Crippen molar-refractivity contribution in [2.75, 3.05) is 0 Å². The van der Waals surface area contributed by atoms with Crippen LogP contribution in [0.4, 0.5) is 0 Å². The molecule has 0 spiro atoms. The van der Waals surface area contributed by atoms with Crippen LogP contribution in [-0.2, 0) is 6.54 Å². The highest BCUT2D eigenvalue weighted by Crippen LogP contribution is 2.19. The molecule has 0 amide bonds. The molecule has 0 radical (unpaired) electrons. The van der Waals surface area contributed by atoms with Gasteiger partial charge in [-0.1, -0.05) is 23.8 Å². The van der Waals surface area contributed by atoms with E-state index in [4.69, 9.17) is 0 Å². The van der Waals surface area contributed by atoms with E-state index in [0.29, 0.717) is 6.04 Å². The molecular formula is C15H20N2S. The van der Waals surface area contributed by atoms with Crippen molar-refractivity contribution in [2.24, 2.45) is 0 Å². The number of hydrogen-bond acceptors (Lipinski definition) is 3. The predicted molar refractivity (Wildman–Crippen MR) is 78.0 cm³/mol. The summed E-state index contributed by atoms with van der Waals surface area (Å²) in [6.07, 6.45) is 0. The maximum atomic E-state index is 4.47. The molecule has 1 aromatic carbocycles. The van der Waals surface area contributed by atoms with E-state index in [1.807, 2.05) is 6.92 Å². The number of nitrogens with zero attached hydrogens (tertiary/aromatic N) is 1. The number of hydrogen-bond donors (Lipinski definition) is 1. The zero-order valence-electron chi connectivity index (χ0n) is 11.4. The summed E-state index contributed by atoms with van der Waals surface area (Å²) in [6, 6.07) is 6.99. The molecule has 2 nitrogen and oxygen atoms in total. The molecule has 0 aliphatic heterocycles. The van der Waals surface area contributed by atoms with Crippen LogP contribution in [0.25, 0.3) is 0 Å². The molecule has 18 heavy (non-hydrogen) atoms. The molecule has 1 N–H and O–H groups in total. The number of benzene rings is 1. The van der Waals surface area contributed by atoms with Gasteiger partial charge in [0, 0.05) is 23.7 Å². The Hall–Kier alpha value is -1.19. The van der Waals surface area contributed by atoms with Gasteiger partial charge in [0.25, 0.3) is 0 Å². The number of aryl methyl sites for hydroxylation is 3. The molecule has 0 fully saturated rings. The van der Waals surface area contributed by atoms with E-state index >= 15 is 0 Å². The second-order valence-corrected chi connectivity index (χ2v) is 5.79. The van der Waals surface area contributed by atoms with Gasteiger partial charge in [0.15, 0.2) is 0 Å². The smallest absolute Gasteiger partial charge is 0.107 e. The van der Waals surface area contributed by atoms with Crippen LogP contribution in [0.3, 0.4) is 0 Å². The lowest BCUT2D eigenvalue weighted by molar-refractivity contribution is 0.570. The third kappa shape index (κ3) is 3.18. The Bertz CT molecular complexity index is 531. The molecule has 1 atom stereocenters. The number of nitrogens with one attached hydrogen (secondary N) is 1. The van der Waals surface area contributed by atoms with E-state index in [1.54, 1.807) is 11.3 Å². The fourth-order valence-electron chi connectivity index (χ4n) is 2.15. The zero-order chi connectivity index (χ0) is 13.1. The topological polar surface area (TPSA) is 24.9 Å². The molecule has 1 heterocycles. The molecule has 96 valence electrons. The van der Waals surface area contributed by atoms with E-state index in [0.717, 1.165) is 17.2 Å². The first-order valence-electron chi connectivity index (χ1n) is 6.28. The Kier molecular flexibility index (Phi) is 4.15. The van der Waals surface area contributed by atoms with Gasteiger partial charge in [-0.05, 0) is 38.8 Å². The first kappa shape index (κ1) is 13.2. The summed E-state index contributed by atoms with van der Waals surface area (Å²) in [5, 5.41) is 6.79. The van der Waals surface area contributed by atoms with Gasteiger partial charge in [0.1, 0.15) is 5.01 Å². The molecule has 2 aromatic rings. The lowest BCUT2D eigenvalue weighted by Gasteiger charge is -2.16. The van der Waals surface area contributed by atoms with Gasteiger partial charge in [0.2, 0.25) is 0 Å². The maximum absolute atomic E-state index is 4.47. The monoisotopic (exact) mass is 260 g/mol. The molecule has 0 bridgehead atoms. The van der Waals surface area contributed by atoms with Crippen LogP contribution in [0.1, 0.15) is 40.4 Å². The van der Waals surface area contributed by atoms with Crippen molar-refractivity contribution in [2.45, 2.75) is 40.3 Å². The molecule has 0 aliphatic rings. The zero-order valence-corrected chi connectivity index (χ0v) is 12.3. The van der Waals surface area contributed by atoms with Crippen LogP contribution in [0.5, 0.6) is 0 Å². The quantitative estimate of drug-likeness (QED) is 0.901. The summed E-state index contributed by atoms with van der Waals surface area (Å²) >= 11 is 1.72. The van der Waals surface area contributed by atoms with Gasteiger partial charge in [0.05, 0.1) is 0 Å². The molecule has 0 saturated heterocycles. The third-order valence-corrected chi connectivity index (χ3v) is 4.08. The number of aromatic nitrogens is 1. The third-order valence-electron chi connectivity index (χ3n) is 3.12. The predicted octanol–water partition coefficient (Wildman–Crippen LogP) is 3.92. The lowest BCUT2D eigenvalue weighted by Crippen LogP contribution is -2.18. The Morgan fingerprint density at radius 1 is 1.28 bits per heavy atom. The van der Waals surface area contributed by atoms with Gasteiger partial charge >= 0.3 is 0 Å². The van der Waals surface area contributed by atoms with Crippen LogP contribution in [0.2, 0.25) is 0 Å². The van der Waals surface area contributed by atoms with Crippen LogP contribution in [0, 0.1) is 20.8 Å². The summed E-state index contributed by atoms with van der Waals surface area (Å²) < 4.78 is 0. The summed E-state index contributed by atoms with van der Waals surface area (Å²) in [4.78, 5) is 4.47. The van der Waals surface area contributed by atoms with E-state index < -0.39 is 0 Å². The molecular weight excluding hydrogens is 240 g/mol. The van der Waals surface area contributed by atoms with Crippen molar-refractivity contribution in [1.29, 1.82) is 0 Å². The minimum Gasteiger partial charge on any atom is -0.304 e. The summed E-state index contributed by atoms with van der Waals surface area (Å²) in [5.74, 6) is 0. The largest absolute Gasteiger partial charge is 0.304 e. The highest BCUT2D eigenvalue weighted by atomic mass is 32.1. The standard InChI is InChI=1S/C15H20N2S/c1-10-5-6-14(11(2)7-10)13(4)16-8-15-17-12(3)9-18-15/h5-7,9,13,16H,8H2,1-4H3. The van der Waals surface area contributed by atoms with Gasteiger partial charge in [-0.15, -0.1) is 11.3 Å². The highest BCUT2D eigenvalue weighted by molar-refractivity contribution is 7.09. The van der Waals surface area contributed by atoms with Crippen molar-refractivity contribution in [1.82, 2.24) is 10.3 Å². The van der Waals surface area contributed by atoms with E-state index in [2.05, 4.69) is 54.7 Å². The Balaban J connectivity index is 2.01. The average Bonchev–Trinajstić information content (AvgIpc) is 2.72. The Morgan fingerprint density at radius 3 is 2.67 bits per heavy atom. The van der Waals surface area contributed by atoms with E-state index in [9.17, 15) is 0 Å². The van der Waals surface area contributed by atoms with Crippen LogP contribution in [-0.4, -0.2) is 4.98 Å². The molecule has 0 saturated carbocycles. The van der Waals surface area contributed by atoms with Crippen molar-refractivity contribution in [3.05, 3.63) is 51.0 Å². The van der Waals surface area contributed by atoms with Gasteiger partial charge in [-0.25, -0.2) is 4.98 Å². The lowest BCUT2D eigenvalue weighted by atomic mass is 10.0. The fourth-order valence-corrected chi connectivity index (χ4v) is 2.87. The summed E-state index contributed by atoms with van der Waals surface area (Å²) in [7, 11) is 0. The van der Waals surface area contributed by atoms with Crippen molar-refractivity contribution in [3.8, 4) is 0 Å². The van der Waals surface area contributed by atoms with E-state index in [-0.39, 0.29) is 0 Å². The Labute approximate surface area is 113 Å². The van der Waals surface area contributed by atoms with Crippen molar-refractivity contribution < 1.29 is 0 Å². The van der Waals surface area contributed by atoms with Gasteiger partial charge < -0.3 is 5.32 Å². The molecule has 1 unspecified atom stereocenters.